The molecule has 0 N–H and O–H groups in total. The second kappa shape index (κ2) is 5.68. The molecule has 0 bridgehead atoms. The van der Waals surface area contributed by atoms with Crippen LogP contribution >= 0.6 is 0 Å². The molecule has 7 nitrogen and oxygen atoms in total. The van der Waals surface area contributed by atoms with Gasteiger partial charge in [0.1, 0.15) is 0 Å². The van der Waals surface area contributed by atoms with E-state index in [1.54, 1.807) is 23.0 Å². The van der Waals surface area contributed by atoms with Crippen LogP contribution in [0.4, 0.5) is 5.95 Å². The molecule has 1 saturated heterocycles. The van der Waals surface area contributed by atoms with Gasteiger partial charge in [-0.2, -0.15) is 5.10 Å². The van der Waals surface area contributed by atoms with Crippen LogP contribution in [0.2, 0.25) is 0 Å². The van der Waals surface area contributed by atoms with Gasteiger partial charge in [-0.15, -0.1) is 0 Å². The van der Waals surface area contributed by atoms with E-state index in [-0.39, 0.29) is 5.91 Å². The Morgan fingerprint density at radius 3 is 2.52 bits per heavy atom. The minimum atomic E-state index is -0.0256. The smallest absolute Gasteiger partial charge is 0.274 e. The summed E-state index contributed by atoms with van der Waals surface area (Å²) in [6.45, 7) is 2.74. The SMILES string of the molecule is O=C(c1cc2ccccn2n1)N1CCN(c2ncccn2)CC1. The van der Waals surface area contributed by atoms with E-state index in [2.05, 4.69) is 20.0 Å². The van der Waals surface area contributed by atoms with Crippen molar-refractivity contribution in [2.75, 3.05) is 31.1 Å². The Morgan fingerprint density at radius 2 is 1.78 bits per heavy atom. The number of pyridine rings is 1. The van der Waals surface area contributed by atoms with Gasteiger partial charge >= 0.3 is 0 Å². The lowest BCUT2D eigenvalue weighted by atomic mass is 10.2. The van der Waals surface area contributed by atoms with Crippen molar-refractivity contribution in [2.24, 2.45) is 0 Å². The molecule has 0 spiro atoms. The van der Waals surface area contributed by atoms with Gasteiger partial charge in [-0.05, 0) is 24.3 Å². The Labute approximate surface area is 133 Å². The minimum Gasteiger partial charge on any atom is -0.337 e. The molecule has 1 aliphatic heterocycles. The molecule has 4 heterocycles. The van der Waals surface area contributed by atoms with Crippen LogP contribution in [-0.2, 0) is 0 Å². The highest BCUT2D eigenvalue weighted by Crippen LogP contribution is 2.13. The van der Waals surface area contributed by atoms with Crippen molar-refractivity contribution in [3.8, 4) is 0 Å². The van der Waals surface area contributed by atoms with E-state index in [0.717, 1.165) is 18.6 Å². The molecule has 0 unspecified atom stereocenters. The molecule has 4 rings (SSSR count). The molecule has 3 aromatic rings. The number of aromatic nitrogens is 4. The first-order valence-corrected chi connectivity index (χ1v) is 7.57. The van der Waals surface area contributed by atoms with Crippen LogP contribution in [0.1, 0.15) is 10.5 Å². The quantitative estimate of drug-likeness (QED) is 0.709. The molecule has 1 aliphatic rings. The zero-order valence-corrected chi connectivity index (χ0v) is 12.5. The molecular formula is C16H16N6O. The van der Waals surface area contributed by atoms with E-state index < -0.39 is 0 Å². The maximum Gasteiger partial charge on any atom is 0.274 e. The molecule has 3 aromatic heterocycles. The molecule has 1 fully saturated rings. The highest BCUT2D eigenvalue weighted by molar-refractivity contribution is 5.93. The summed E-state index contributed by atoms with van der Waals surface area (Å²) in [4.78, 5) is 25.0. The van der Waals surface area contributed by atoms with E-state index in [1.807, 2.05) is 35.4 Å². The first-order chi connectivity index (χ1) is 11.3. The predicted molar refractivity (Wildman–Crippen MR) is 85.3 cm³/mol. The van der Waals surface area contributed by atoms with Crippen LogP contribution in [0.5, 0.6) is 0 Å². The molecule has 0 atom stereocenters. The summed E-state index contributed by atoms with van der Waals surface area (Å²) >= 11 is 0. The van der Waals surface area contributed by atoms with Crippen LogP contribution in [-0.4, -0.2) is 56.6 Å². The van der Waals surface area contributed by atoms with Gasteiger partial charge in [0.2, 0.25) is 5.95 Å². The second-order valence-electron chi connectivity index (χ2n) is 5.43. The van der Waals surface area contributed by atoms with Crippen LogP contribution in [0.15, 0.2) is 48.9 Å². The normalized spacial score (nSPS) is 15.1. The summed E-state index contributed by atoms with van der Waals surface area (Å²) in [5.41, 5.74) is 1.41. The highest BCUT2D eigenvalue weighted by atomic mass is 16.2. The molecule has 116 valence electrons. The predicted octanol–water partition coefficient (Wildman–Crippen LogP) is 1.09. The van der Waals surface area contributed by atoms with Gasteiger partial charge in [0.25, 0.3) is 5.91 Å². The number of fused-ring (bicyclic) bond motifs is 1. The van der Waals surface area contributed by atoms with Crippen LogP contribution in [0.3, 0.4) is 0 Å². The van der Waals surface area contributed by atoms with Crippen molar-refractivity contribution in [3.63, 3.8) is 0 Å². The van der Waals surface area contributed by atoms with Gasteiger partial charge in [-0.25, -0.2) is 14.5 Å². The molecule has 1 amide bonds. The maximum atomic E-state index is 12.6. The molecule has 0 aromatic carbocycles. The Kier molecular flexibility index (Phi) is 3.38. The van der Waals surface area contributed by atoms with Crippen molar-refractivity contribution in [1.29, 1.82) is 0 Å². The van der Waals surface area contributed by atoms with Crippen molar-refractivity contribution in [1.82, 2.24) is 24.5 Å². The summed E-state index contributed by atoms with van der Waals surface area (Å²) in [6, 6.07) is 9.40. The van der Waals surface area contributed by atoms with Gasteiger partial charge in [-0.3, -0.25) is 4.79 Å². The molecule has 0 aliphatic carbocycles. The van der Waals surface area contributed by atoms with Crippen LogP contribution in [0, 0.1) is 0 Å². The average Bonchev–Trinajstić information content (AvgIpc) is 3.06. The van der Waals surface area contributed by atoms with E-state index in [4.69, 9.17) is 0 Å². The monoisotopic (exact) mass is 308 g/mol. The van der Waals surface area contributed by atoms with Crippen molar-refractivity contribution >= 4 is 17.4 Å². The fourth-order valence-corrected chi connectivity index (χ4v) is 2.77. The second-order valence-corrected chi connectivity index (χ2v) is 5.43. The lowest BCUT2D eigenvalue weighted by Gasteiger charge is -2.34. The molecule has 23 heavy (non-hydrogen) atoms. The zero-order valence-electron chi connectivity index (χ0n) is 12.5. The molecule has 0 radical (unpaired) electrons. The first kappa shape index (κ1) is 13.7. The van der Waals surface area contributed by atoms with Crippen LogP contribution < -0.4 is 4.90 Å². The number of carbonyl (C=O) groups excluding carboxylic acids is 1. The Bertz CT molecular complexity index is 790. The number of anilines is 1. The third-order valence-electron chi connectivity index (χ3n) is 3.99. The fraction of sp³-hybridized carbons (Fsp3) is 0.250. The average molecular weight is 308 g/mol. The summed E-state index contributed by atoms with van der Waals surface area (Å²) in [5, 5.41) is 4.35. The minimum absolute atomic E-state index is 0.0256. The standard InChI is InChI=1S/C16H16N6O/c23-15(14-12-13-4-1-2-7-22(13)19-14)20-8-10-21(11-9-20)16-17-5-3-6-18-16/h1-7,12H,8-11H2. The number of nitrogens with zero attached hydrogens (tertiary/aromatic N) is 6. The van der Waals surface area contributed by atoms with Crippen molar-refractivity contribution in [3.05, 3.63) is 54.6 Å². The molecule has 0 saturated carbocycles. The third kappa shape index (κ3) is 2.61. The highest BCUT2D eigenvalue weighted by Gasteiger charge is 2.24. The summed E-state index contributed by atoms with van der Waals surface area (Å²) in [7, 11) is 0. The topological polar surface area (TPSA) is 66.6 Å². The Hall–Kier alpha value is -2.96. The number of hydrogen-bond acceptors (Lipinski definition) is 5. The Morgan fingerprint density at radius 1 is 1.00 bits per heavy atom. The lowest BCUT2D eigenvalue weighted by Crippen LogP contribution is -2.49. The van der Waals surface area contributed by atoms with Gasteiger partial charge in [0.05, 0.1) is 5.52 Å². The van der Waals surface area contributed by atoms with E-state index in [0.29, 0.717) is 24.7 Å². The summed E-state index contributed by atoms with van der Waals surface area (Å²) in [6.07, 6.45) is 5.31. The van der Waals surface area contributed by atoms with Crippen molar-refractivity contribution in [2.45, 2.75) is 0 Å². The largest absolute Gasteiger partial charge is 0.337 e. The summed E-state index contributed by atoms with van der Waals surface area (Å²) < 4.78 is 1.72. The summed E-state index contributed by atoms with van der Waals surface area (Å²) in [5.74, 6) is 0.689. The number of amides is 1. The fourth-order valence-electron chi connectivity index (χ4n) is 2.77. The van der Waals surface area contributed by atoms with E-state index >= 15 is 0 Å². The van der Waals surface area contributed by atoms with Gasteiger partial charge in [-0.1, -0.05) is 6.07 Å². The lowest BCUT2D eigenvalue weighted by molar-refractivity contribution is 0.0740. The van der Waals surface area contributed by atoms with Crippen LogP contribution in [0.25, 0.3) is 5.52 Å². The third-order valence-corrected chi connectivity index (χ3v) is 3.99. The van der Waals surface area contributed by atoms with Gasteiger partial charge < -0.3 is 9.80 Å². The Balaban J connectivity index is 1.46. The number of hydrogen-bond donors (Lipinski definition) is 0. The number of carbonyl (C=O) groups is 1. The maximum absolute atomic E-state index is 12.6. The van der Waals surface area contributed by atoms with E-state index in [1.165, 1.54) is 0 Å². The number of piperazine rings is 1. The van der Waals surface area contributed by atoms with Gasteiger partial charge in [0.15, 0.2) is 5.69 Å². The molecule has 7 heteroatoms. The van der Waals surface area contributed by atoms with Gasteiger partial charge in [0, 0.05) is 44.8 Å². The zero-order chi connectivity index (χ0) is 15.6. The number of rotatable bonds is 2. The van der Waals surface area contributed by atoms with E-state index in [9.17, 15) is 4.79 Å². The van der Waals surface area contributed by atoms with Crippen molar-refractivity contribution < 1.29 is 4.79 Å². The first-order valence-electron chi connectivity index (χ1n) is 7.57. The molecular weight excluding hydrogens is 292 g/mol.